The van der Waals surface area contributed by atoms with Gasteiger partial charge in [0.25, 0.3) is 0 Å². The van der Waals surface area contributed by atoms with Crippen molar-refractivity contribution in [1.82, 2.24) is 9.97 Å². The van der Waals surface area contributed by atoms with Crippen molar-refractivity contribution in [2.24, 2.45) is 0 Å². The van der Waals surface area contributed by atoms with Gasteiger partial charge in [-0.25, -0.2) is 4.79 Å². The molecule has 0 aliphatic rings. The van der Waals surface area contributed by atoms with Crippen LogP contribution in [0.1, 0.15) is 10.4 Å². The van der Waals surface area contributed by atoms with E-state index in [1.54, 1.807) is 18.5 Å². The smallest absolute Gasteiger partial charge is 0.337 e. The molecule has 0 saturated carbocycles. The van der Waals surface area contributed by atoms with Crippen LogP contribution in [0, 0.1) is 0 Å². The van der Waals surface area contributed by atoms with Gasteiger partial charge in [-0.3, -0.25) is 4.98 Å². The molecule has 2 aromatic heterocycles. The van der Waals surface area contributed by atoms with Crippen LogP contribution in [0.5, 0.6) is 0 Å². The second-order valence-electron chi connectivity index (χ2n) is 3.80. The van der Waals surface area contributed by atoms with E-state index in [0.29, 0.717) is 5.56 Å². The molecule has 1 N–H and O–H groups in total. The molecule has 0 radical (unpaired) electrons. The zero-order chi connectivity index (χ0) is 11.8. The van der Waals surface area contributed by atoms with Gasteiger partial charge in [-0.05, 0) is 24.3 Å². The number of rotatable bonds is 1. The lowest BCUT2D eigenvalue weighted by atomic mass is 10.1. The number of pyridine rings is 1. The highest BCUT2D eigenvalue weighted by molar-refractivity contribution is 6.09. The van der Waals surface area contributed by atoms with Gasteiger partial charge in [0.1, 0.15) is 0 Å². The maximum Gasteiger partial charge on any atom is 0.337 e. The van der Waals surface area contributed by atoms with Crippen LogP contribution in [-0.4, -0.2) is 23.0 Å². The molecule has 2 heterocycles. The number of fused-ring (bicyclic) bond motifs is 3. The molecule has 0 aliphatic heterocycles. The zero-order valence-electron chi connectivity index (χ0n) is 9.23. The van der Waals surface area contributed by atoms with Crippen LogP contribution in [0.4, 0.5) is 0 Å². The monoisotopic (exact) mass is 226 g/mol. The molecule has 0 unspecified atom stereocenters. The van der Waals surface area contributed by atoms with Crippen LogP contribution < -0.4 is 0 Å². The minimum Gasteiger partial charge on any atom is -0.465 e. The van der Waals surface area contributed by atoms with Crippen molar-refractivity contribution in [3.05, 3.63) is 42.2 Å². The predicted molar refractivity (Wildman–Crippen MR) is 64.9 cm³/mol. The van der Waals surface area contributed by atoms with Crippen LogP contribution in [0.3, 0.4) is 0 Å². The number of aromatic amines is 1. The molecule has 0 fully saturated rings. The van der Waals surface area contributed by atoms with Crippen molar-refractivity contribution in [3.8, 4) is 0 Å². The lowest BCUT2D eigenvalue weighted by Crippen LogP contribution is -2.00. The summed E-state index contributed by atoms with van der Waals surface area (Å²) in [6.45, 7) is 0. The third kappa shape index (κ3) is 1.45. The van der Waals surface area contributed by atoms with Crippen LogP contribution in [0.15, 0.2) is 36.7 Å². The summed E-state index contributed by atoms with van der Waals surface area (Å²) in [5.74, 6) is -0.324. The molecule has 3 rings (SSSR count). The fourth-order valence-corrected chi connectivity index (χ4v) is 1.99. The van der Waals surface area contributed by atoms with Crippen molar-refractivity contribution >= 4 is 27.8 Å². The van der Waals surface area contributed by atoms with Gasteiger partial charge in [-0.15, -0.1) is 0 Å². The first-order valence-corrected chi connectivity index (χ1v) is 5.23. The molecule has 0 spiro atoms. The number of carbonyl (C=O) groups is 1. The maximum atomic E-state index is 11.5. The van der Waals surface area contributed by atoms with Gasteiger partial charge in [-0.2, -0.15) is 0 Å². The molecule has 4 heteroatoms. The van der Waals surface area contributed by atoms with E-state index < -0.39 is 0 Å². The predicted octanol–water partition coefficient (Wildman–Crippen LogP) is 2.50. The standard InChI is InChI=1S/C13H10N2O2/c1-17-13(16)8-2-3-11-10(6-8)9-4-5-14-7-12(9)15-11/h2-7,15H,1H3. The summed E-state index contributed by atoms with van der Waals surface area (Å²) in [5.41, 5.74) is 2.50. The highest BCUT2D eigenvalue weighted by Gasteiger charge is 2.09. The lowest BCUT2D eigenvalue weighted by Gasteiger charge is -1.98. The number of benzene rings is 1. The molecule has 4 nitrogen and oxygen atoms in total. The summed E-state index contributed by atoms with van der Waals surface area (Å²) >= 11 is 0. The number of nitrogens with one attached hydrogen (secondary N) is 1. The molecule has 0 atom stereocenters. The van der Waals surface area contributed by atoms with E-state index >= 15 is 0 Å². The Morgan fingerprint density at radius 2 is 2.12 bits per heavy atom. The Balaban J connectivity index is 2.33. The Morgan fingerprint density at radius 3 is 2.94 bits per heavy atom. The van der Waals surface area contributed by atoms with Gasteiger partial charge in [-0.1, -0.05) is 0 Å². The van der Waals surface area contributed by atoms with Gasteiger partial charge in [0.2, 0.25) is 0 Å². The molecular weight excluding hydrogens is 216 g/mol. The second kappa shape index (κ2) is 3.59. The third-order valence-electron chi connectivity index (χ3n) is 2.82. The molecule has 0 aliphatic carbocycles. The number of hydrogen-bond acceptors (Lipinski definition) is 3. The summed E-state index contributed by atoms with van der Waals surface area (Å²) in [4.78, 5) is 18.8. The third-order valence-corrected chi connectivity index (χ3v) is 2.82. The summed E-state index contributed by atoms with van der Waals surface area (Å²) in [6, 6.07) is 7.38. The average molecular weight is 226 g/mol. The summed E-state index contributed by atoms with van der Waals surface area (Å²) in [6.07, 6.45) is 3.51. The number of aromatic nitrogens is 2. The minimum atomic E-state index is -0.324. The Hall–Kier alpha value is -2.36. The number of nitrogens with zero attached hydrogens (tertiary/aromatic N) is 1. The second-order valence-corrected chi connectivity index (χ2v) is 3.80. The highest BCUT2D eigenvalue weighted by Crippen LogP contribution is 2.25. The fourth-order valence-electron chi connectivity index (χ4n) is 1.99. The van der Waals surface area contributed by atoms with Crippen LogP contribution in [0.25, 0.3) is 21.8 Å². The van der Waals surface area contributed by atoms with E-state index in [4.69, 9.17) is 4.74 Å². The quantitative estimate of drug-likeness (QED) is 0.648. The summed E-state index contributed by atoms with van der Waals surface area (Å²) in [7, 11) is 1.38. The van der Waals surface area contributed by atoms with E-state index in [1.165, 1.54) is 7.11 Å². The molecule has 3 aromatic rings. The van der Waals surface area contributed by atoms with Gasteiger partial charge in [0, 0.05) is 22.5 Å². The number of ether oxygens (including phenoxy) is 1. The summed E-state index contributed by atoms with van der Waals surface area (Å²) in [5, 5.41) is 2.06. The molecule has 0 amide bonds. The lowest BCUT2D eigenvalue weighted by molar-refractivity contribution is 0.0601. The largest absolute Gasteiger partial charge is 0.465 e. The van der Waals surface area contributed by atoms with Gasteiger partial charge in [0.05, 0.1) is 24.4 Å². The van der Waals surface area contributed by atoms with Gasteiger partial charge in [0.15, 0.2) is 0 Å². The molecule has 1 aromatic carbocycles. The number of hydrogen-bond donors (Lipinski definition) is 1. The SMILES string of the molecule is COC(=O)c1ccc2[nH]c3cnccc3c2c1. The van der Waals surface area contributed by atoms with E-state index in [1.807, 2.05) is 18.2 Å². The Kier molecular flexibility index (Phi) is 2.08. The fraction of sp³-hybridized carbons (Fsp3) is 0.0769. The number of methoxy groups -OCH3 is 1. The molecule has 0 bridgehead atoms. The Bertz CT molecular complexity index is 716. The molecular formula is C13H10N2O2. The summed E-state index contributed by atoms with van der Waals surface area (Å²) < 4.78 is 4.71. The Morgan fingerprint density at radius 1 is 1.24 bits per heavy atom. The van der Waals surface area contributed by atoms with E-state index in [2.05, 4.69) is 9.97 Å². The number of esters is 1. The minimum absolute atomic E-state index is 0.324. The zero-order valence-corrected chi connectivity index (χ0v) is 9.23. The van der Waals surface area contributed by atoms with Crippen LogP contribution in [0.2, 0.25) is 0 Å². The molecule has 0 saturated heterocycles. The highest BCUT2D eigenvalue weighted by atomic mass is 16.5. The van der Waals surface area contributed by atoms with Crippen molar-refractivity contribution in [2.45, 2.75) is 0 Å². The van der Waals surface area contributed by atoms with E-state index in [9.17, 15) is 4.79 Å². The van der Waals surface area contributed by atoms with E-state index in [0.717, 1.165) is 21.8 Å². The van der Waals surface area contributed by atoms with Crippen LogP contribution in [-0.2, 0) is 4.74 Å². The van der Waals surface area contributed by atoms with Crippen molar-refractivity contribution < 1.29 is 9.53 Å². The van der Waals surface area contributed by atoms with Crippen molar-refractivity contribution in [2.75, 3.05) is 7.11 Å². The first kappa shape index (κ1) is 9.84. The van der Waals surface area contributed by atoms with E-state index in [-0.39, 0.29) is 5.97 Å². The first-order valence-electron chi connectivity index (χ1n) is 5.23. The Labute approximate surface area is 97.2 Å². The topological polar surface area (TPSA) is 55.0 Å². The molecule has 84 valence electrons. The van der Waals surface area contributed by atoms with Crippen LogP contribution >= 0.6 is 0 Å². The van der Waals surface area contributed by atoms with Gasteiger partial charge < -0.3 is 9.72 Å². The average Bonchev–Trinajstić information content (AvgIpc) is 2.75. The molecule has 17 heavy (non-hydrogen) atoms. The van der Waals surface area contributed by atoms with Crippen molar-refractivity contribution in [1.29, 1.82) is 0 Å². The number of H-pyrrole nitrogens is 1. The van der Waals surface area contributed by atoms with Crippen molar-refractivity contribution in [3.63, 3.8) is 0 Å². The normalized spacial score (nSPS) is 10.9. The first-order chi connectivity index (χ1) is 8.29. The maximum absolute atomic E-state index is 11.5. The van der Waals surface area contributed by atoms with Gasteiger partial charge >= 0.3 is 5.97 Å². The number of carbonyl (C=O) groups excluding carboxylic acids is 1.